The van der Waals surface area contributed by atoms with Gasteiger partial charge in [-0.25, -0.2) is 9.97 Å². The van der Waals surface area contributed by atoms with E-state index in [9.17, 15) is 5.11 Å². The maximum Gasteiger partial charge on any atom is 0.162 e. The summed E-state index contributed by atoms with van der Waals surface area (Å²) in [6.07, 6.45) is -0.436. The first-order valence-electron chi connectivity index (χ1n) is 7.40. The number of benzene rings is 2. The van der Waals surface area contributed by atoms with Crippen molar-refractivity contribution in [2.45, 2.75) is 20.0 Å². The third-order valence-corrected chi connectivity index (χ3v) is 3.53. The lowest BCUT2D eigenvalue weighted by molar-refractivity contribution is 0.208. The highest BCUT2D eigenvalue weighted by Gasteiger charge is 2.11. The van der Waals surface area contributed by atoms with Crippen molar-refractivity contribution in [1.82, 2.24) is 9.97 Å². The zero-order chi connectivity index (χ0) is 15.5. The van der Waals surface area contributed by atoms with Gasteiger partial charge in [-0.1, -0.05) is 42.5 Å². The highest BCUT2D eigenvalue weighted by Crippen LogP contribution is 2.27. The number of hydrogen-bond acceptors (Lipinski definition) is 4. The third kappa shape index (κ3) is 2.92. The van der Waals surface area contributed by atoms with Gasteiger partial charge in [0, 0.05) is 17.5 Å². The standard InChI is InChI=1S/C18H19N3O/c1-12-7-6-10-15-16(12)18(19-11-13(2)22)21-17(20-15)14-8-4-3-5-9-14/h3-10,13,22H,11H2,1-2H3,(H,19,20,21)/t13-/m0/s1. The molecule has 3 rings (SSSR count). The van der Waals surface area contributed by atoms with Crippen LogP contribution in [0.4, 0.5) is 5.82 Å². The molecule has 2 N–H and O–H groups in total. The summed E-state index contributed by atoms with van der Waals surface area (Å²) in [7, 11) is 0. The van der Waals surface area contributed by atoms with Gasteiger partial charge in [0.15, 0.2) is 5.82 Å². The van der Waals surface area contributed by atoms with Crippen molar-refractivity contribution in [3.8, 4) is 11.4 Å². The van der Waals surface area contributed by atoms with E-state index < -0.39 is 6.10 Å². The molecule has 3 aromatic rings. The van der Waals surface area contributed by atoms with E-state index in [4.69, 9.17) is 0 Å². The van der Waals surface area contributed by atoms with Gasteiger partial charge in [0.2, 0.25) is 0 Å². The Morgan fingerprint density at radius 2 is 1.82 bits per heavy atom. The molecule has 112 valence electrons. The summed E-state index contributed by atoms with van der Waals surface area (Å²) in [6.45, 7) is 4.25. The lowest BCUT2D eigenvalue weighted by atomic mass is 10.1. The molecule has 0 radical (unpaired) electrons. The molecular formula is C18H19N3O. The Morgan fingerprint density at radius 3 is 2.55 bits per heavy atom. The molecule has 0 aliphatic carbocycles. The Morgan fingerprint density at radius 1 is 1.05 bits per heavy atom. The number of aryl methyl sites for hydroxylation is 1. The van der Waals surface area contributed by atoms with Crippen molar-refractivity contribution in [1.29, 1.82) is 0 Å². The van der Waals surface area contributed by atoms with Gasteiger partial charge in [0.1, 0.15) is 5.82 Å². The van der Waals surface area contributed by atoms with Crippen LogP contribution in [0.3, 0.4) is 0 Å². The largest absolute Gasteiger partial charge is 0.392 e. The average molecular weight is 293 g/mol. The Labute approximate surface area is 129 Å². The summed E-state index contributed by atoms with van der Waals surface area (Å²) in [4.78, 5) is 9.35. The van der Waals surface area contributed by atoms with Gasteiger partial charge in [-0.05, 0) is 25.5 Å². The number of nitrogens with zero attached hydrogens (tertiary/aromatic N) is 2. The van der Waals surface area contributed by atoms with Crippen LogP contribution in [0.2, 0.25) is 0 Å². The molecule has 0 saturated heterocycles. The zero-order valence-corrected chi connectivity index (χ0v) is 12.7. The van der Waals surface area contributed by atoms with E-state index in [1.165, 1.54) is 0 Å². The van der Waals surface area contributed by atoms with E-state index >= 15 is 0 Å². The quantitative estimate of drug-likeness (QED) is 0.774. The van der Waals surface area contributed by atoms with Crippen molar-refractivity contribution in [3.63, 3.8) is 0 Å². The smallest absolute Gasteiger partial charge is 0.162 e. The Hall–Kier alpha value is -2.46. The molecule has 1 aromatic heterocycles. The summed E-state index contributed by atoms with van der Waals surface area (Å²) < 4.78 is 0. The second kappa shape index (κ2) is 6.12. The van der Waals surface area contributed by atoms with Gasteiger partial charge in [0.05, 0.1) is 11.6 Å². The van der Waals surface area contributed by atoms with Crippen molar-refractivity contribution in [3.05, 3.63) is 54.1 Å². The van der Waals surface area contributed by atoms with Crippen LogP contribution in [0.1, 0.15) is 12.5 Å². The van der Waals surface area contributed by atoms with Crippen molar-refractivity contribution >= 4 is 16.7 Å². The number of fused-ring (bicyclic) bond motifs is 1. The van der Waals surface area contributed by atoms with Crippen molar-refractivity contribution < 1.29 is 5.11 Å². The maximum absolute atomic E-state index is 9.54. The van der Waals surface area contributed by atoms with Crippen LogP contribution in [-0.4, -0.2) is 27.7 Å². The van der Waals surface area contributed by atoms with Gasteiger partial charge in [-0.2, -0.15) is 0 Å². The minimum absolute atomic E-state index is 0.436. The summed E-state index contributed by atoms with van der Waals surface area (Å²) in [5.41, 5.74) is 3.00. The van der Waals surface area contributed by atoms with E-state index in [2.05, 4.69) is 15.3 Å². The zero-order valence-electron chi connectivity index (χ0n) is 12.7. The Bertz CT molecular complexity index is 785. The monoisotopic (exact) mass is 293 g/mol. The van der Waals surface area contributed by atoms with E-state index in [-0.39, 0.29) is 0 Å². The van der Waals surface area contributed by atoms with Crippen molar-refractivity contribution in [2.75, 3.05) is 11.9 Å². The predicted molar refractivity (Wildman–Crippen MR) is 89.9 cm³/mol. The van der Waals surface area contributed by atoms with Gasteiger partial charge >= 0.3 is 0 Å². The number of rotatable bonds is 4. The first-order chi connectivity index (χ1) is 10.6. The van der Waals surface area contributed by atoms with Gasteiger partial charge < -0.3 is 10.4 Å². The van der Waals surface area contributed by atoms with Crippen LogP contribution in [0.25, 0.3) is 22.3 Å². The molecular weight excluding hydrogens is 274 g/mol. The summed E-state index contributed by atoms with van der Waals surface area (Å²) in [5.74, 6) is 1.45. The summed E-state index contributed by atoms with van der Waals surface area (Å²) in [6, 6.07) is 15.9. The highest BCUT2D eigenvalue weighted by molar-refractivity contribution is 5.93. The topological polar surface area (TPSA) is 58.0 Å². The molecule has 0 amide bonds. The molecule has 22 heavy (non-hydrogen) atoms. The van der Waals surface area contributed by atoms with Gasteiger partial charge in [-0.3, -0.25) is 0 Å². The van der Waals surface area contributed by atoms with E-state index in [1.807, 2.05) is 55.5 Å². The second-order valence-electron chi connectivity index (χ2n) is 5.46. The van der Waals surface area contributed by atoms with Crippen LogP contribution >= 0.6 is 0 Å². The molecule has 0 bridgehead atoms. The molecule has 4 nitrogen and oxygen atoms in total. The average Bonchev–Trinajstić information content (AvgIpc) is 2.53. The van der Waals surface area contributed by atoms with Crippen LogP contribution in [0.5, 0.6) is 0 Å². The lowest BCUT2D eigenvalue weighted by Gasteiger charge is -2.13. The molecule has 2 aromatic carbocycles. The first kappa shape index (κ1) is 14.5. The third-order valence-electron chi connectivity index (χ3n) is 3.53. The fourth-order valence-corrected chi connectivity index (χ4v) is 2.44. The molecule has 1 atom stereocenters. The normalized spacial score (nSPS) is 12.3. The van der Waals surface area contributed by atoms with Crippen LogP contribution in [-0.2, 0) is 0 Å². The number of aliphatic hydroxyl groups is 1. The molecule has 0 aliphatic heterocycles. The number of anilines is 1. The summed E-state index contributed by atoms with van der Waals surface area (Å²) >= 11 is 0. The van der Waals surface area contributed by atoms with E-state index in [0.717, 1.165) is 27.8 Å². The van der Waals surface area contributed by atoms with E-state index in [0.29, 0.717) is 12.4 Å². The number of aromatic nitrogens is 2. The minimum Gasteiger partial charge on any atom is -0.392 e. The SMILES string of the molecule is Cc1cccc2nc(-c3ccccc3)nc(NC[C@H](C)O)c12. The first-order valence-corrected chi connectivity index (χ1v) is 7.40. The molecule has 0 aliphatic rings. The Kier molecular flexibility index (Phi) is 4.02. The molecule has 4 heteroatoms. The van der Waals surface area contributed by atoms with Crippen LogP contribution < -0.4 is 5.32 Å². The number of aliphatic hydroxyl groups excluding tert-OH is 1. The fraction of sp³-hybridized carbons (Fsp3) is 0.222. The molecule has 0 unspecified atom stereocenters. The molecule has 1 heterocycles. The summed E-state index contributed by atoms with van der Waals surface area (Å²) in [5, 5.41) is 13.8. The molecule has 0 spiro atoms. The highest BCUT2D eigenvalue weighted by atomic mass is 16.3. The minimum atomic E-state index is -0.436. The predicted octanol–water partition coefficient (Wildman–Crippen LogP) is 3.40. The fourth-order valence-electron chi connectivity index (χ4n) is 2.44. The van der Waals surface area contributed by atoms with E-state index in [1.54, 1.807) is 6.92 Å². The number of hydrogen-bond donors (Lipinski definition) is 2. The van der Waals surface area contributed by atoms with Gasteiger partial charge in [0.25, 0.3) is 0 Å². The number of nitrogens with one attached hydrogen (secondary N) is 1. The lowest BCUT2D eigenvalue weighted by Crippen LogP contribution is -2.16. The maximum atomic E-state index is 9.54. The molecule has 0 saturated carbocycles. The molecule has 0 fully saturated rings. The van der Waals surface area contributed by atoms with Crippen LogP contribution in [0.15, 0.2) is 48.5 Å². The van der Waals surface area contributed by atoms with Gasteiger partial charge in [-0.15, -0.1) is 0 Å². The van der Waals surface area contributed by atoms with Crippen LogP contribution in [0, 0.1) is 6.92 Å². The Balaban J connectivity index is 2.16. The second-order valence-corrected chi connectivity index (χ2v) is 5.46. The van der Waals surface area contributed by atoms with Crippen molar-refractivity contribution in [2.24, 2.45) is 0 Å².